The Morgan fingerprint density at radius 1 is 0.401 bits per heavy atom. The normalized spacial score (nSPS) is 12.7. The van der Waals surface area contributed by atoms with Crippen LogP contribution >= 0.6 is 35.6 Å². The number of likely N-dealkylation sites (N-methyl/N-ethyl adjacent to an activating group) is 1. The topological polar surface area (TPSA) is 220 Å². The zero-order valence-corrected chi connectivity index (χ0v) is 84.6. The SMILES string of the molecule is C=C(CCCl)c1ccc2c(c1)c1cc(C(=O)CCCl)ccc1n2CCN(CC)CC.C=C1CCc2c1ccc1c2c2c3c(ccc2n1CCCNCC)C(=O)CC3.C=C1CCc2c1ccc1c2c2cc(C(C)=O)c(OC)cc2n1CCCN(C)C.CC(=O)c1ccc2c(c1)c1cc(C(C)=O)ccc1n2CCN.COc1cc2c(cc1C(C)=O)c1cc(C(C)=O)c(OC)cc1n2CCCN(C)C.Cl. The number of halogens is 3. The van der Waals surface area contributed by atoms with Crippen LogP contribution < -0.4 is 25.3 Å². The van der Waals surface area contributed by atoms with E-state index in [1.54, 1.807) is 42.1 Å². The number of alkyl halides is 2. The van der Waals surface area contributed by atoms with Crippen molar-refractivity contribution in [3.63, 3.8) is 0 Å². The minimum atomic E-state index is -0.0578. The number of nitrogens with one attached hydrogen (secondary N) is 1. The zero-order chi connectivity index (χ0) is 97.4. The van der Waals surface area contributed by atoms with Crippen LogP contribution in [0.4, 0.5) is 0 Å². The number of aromatic nitrogens is 5. The number of hydrogen-bond donors (Lipinski definition) is 2. The number of Topliss-reactive ketones (excluding diaryl/α,β-unsaturated/α-hetero) is 7. The lowest BCUT2D eigenvalue weighted by Gasteiger charge is -2.19. The summed E-state index contributed by atoms with van der Waals surface area (Å²) in [5.41, 5.74) is 33.1. The number of rotatable bonds is 34. The molecule has 0 atom stereocenters. The molecule has 18 rings (SSSR count). The number of ether oxygens (including phenoxy) is 3. The number of methoxy groups -OCH3 is 3. The molecular weight excluding hydrogens is 1780 g/mol. The Bertz CT molecular complexity index is 6940. The molecule has 0 amide bonds. The molecule has 5 aromatic heterocycles. The van der Waals surface area contributed by atoms with Gasteiger partial charge in [-0.15, -0.1) is 35.6 Å². The van der Waals surface area contributed by atoms with Gasteiger partial charge in [0.15, 0.2) is 40.5 Å². The molecule has 3 N–H and O–H groups in total. The van der Waals surface area contributed by atoms with Gasteiger partial charge in [0.2, 0.25) is 0 Å². The van der Waals surface area contributed by atoms with Crippen LogP contribution in [0.3, 0.4) is 0 Å². The van der Waals surface area contributed by atoms with Crippen LogP contribution in [0.1, 0.15) is 213 Å². The number of benzene rings is 10. The summed E-state index contributed by atoms with van der Waals surface area (Å²) in [4.78, 5) is 91.5. The fraction of sp³-hybridized carbons (Fsp3) is 0.360. The van der Waals surface area contributed by atoms with Gasteiger partial charge >= 0.3 is 0 Å². The lowest BCUT2D eigenvalue weighted by atomic mass is 9.97. The number of nitrogens with two attached hydrogens (primary N) is 1. The molecule has 137 heavy (non-hydrogen) atoms. The Hall–Kier alpha value is -11.8. The maximum atomic E-state index is 12.5. The van der Waals surface area contributed by atoms with Gasteiger partial charge in [-0.05, 0) is 319 Å². The molecule has 15 aromatic rings. The van der Waals surface area contributed by atoms with E-state index in [0.29, 0.717) is 88.5 Å². The first-order chi connectivity index (χ1) is 65.5. The molecule has 718 valence electrons. The number of carbonyl (C=O) groups excluding carboxylic acids is 7. The number of fused-ring (bicyclic) bond motifs is 21. The van der Waals surface area contributed by atoms with Gasteiger partial charge in [-0.1, -0.05) is 58.7 Å². The molecule has 10 aromatic carbocycles. The largest absolute Gasteiger partial charge is 0.496 e. The fourth-order valence-electron chi connectivity index (χ4n) is 20.3. The summed E-state index contributed by atoms with van der Waals surface area (Å²) >= 11 is 11.7. The van der Waals surface area contributed by atoms with Gasteiger partial charge in [0.1, 0.15) is 17.2 Å². The van der Waals surface area contributed by atoms with Crippen molar-refractivity contribution in [2.24, 2.45) is 5.73 Å². The summed E-state index contributed by atoms with van der Waals surface area (Å²) in [5, 5.41) is 14.7. The molecule has 3 aliphatic rings. The molecule has 0 unspecified atom stereocenters. The van der Waals surface area contributed by atoms with Crippen molar-refractivity contribution in [3.05, 3.63) is 238 Å². The predicted molar refractivity (Wildman–Crippen MR) is 572 cm³/mol. The summed E-state index contributed by atoms with van der Waals surface area (Å²) in [6.45, 7) is 39.0. The molecule has 3 aliphatic carbocycles. The highest BCUT2D eigenvalue weighted by molar-refractivity contribution is 6.22. The van der Waals surface area contributed by atoms with Crippen LogP contribution in [0.15, 0.2) is 165 Å². The first kappa shape index (κ1) is 103. The van der Waals surface area contributed by atoms with Gasteiger partial charge in [0, 0.05) is 203 Å². The summed E-state index contributed by atoms with van der Waals surface area (Å²) in [6, 6.07) is 48.8. The first-order valence-corrected chi connectivity index (χ1v) is 48.8. The van der Waals surface area contributed by atoms with Gasteiger partial charge in [0.05, 0.1) is 54.6 Å². The van der Waals surface area contributed by atoms with Crippen LogP contribution in [0.25, 0.3) is 126 Å². The van der Waals surface area contributed by atoms with E-state index in [0.717, 1.165) is 223 Å². The number of carbonyl (C=O) groups is 7. The monoisotopic (exact) mass is 1900 g/mol. The first-order valence-electron chi connectivity index (χ1n) is 47.8. The van der Waals surface area contributed by atoms with Crippen molar-refractivity contribution in [1.29, 1.82) is 0 Å². The van der Waals surface area contributed by atoms with Crippen LogP contribution in [-0.2, 0) is 52.0 Å². The molecule has 0 radical (unpaired) electrons. The van der Waals surface area contributed by atoms with Crippen molar-refractivity contribution in [1.82, 2.24) is 42.9 Å². The fourth-order valence-corrected chi connectivity index (χ4v) is 20.7. The van der Waals surface area contributed by atoms with E-state index in [1.807, 2.05) is 84.9 Å². The number of aryl methyl sites for hydroxylation is 6. The molecule has 0 spiro atoms. The number of nitrogens with zero attached hydrogens (tertiary/aromatic N) is 8. The number of hydrogen-bond acceptors (Lipinski definition) is 15. The Morgan fingerprint density at radius 3 is 1.19 bits per heavy atom. The molecule has 23 heteroatoms. The summed E-state index contributed by atoms with van der Waals surface area (Å²) in [6.07, 6.45) is 9.92. The van der Waals surface area contributed by atoms with Crippen molar-refractivity contribution in [3.8, 4) is 17.2 Å². The van der Waals surface area contributed by atoms with E-state index in [1.165, 1.54) is 91.0 Å². The van der Waals surface area contributed by atoms with Crippen molar-refractivity contribution < 1.29 is 47.8 Å². The van der Waals surface area contributed by atoms with Crippen molar-refractivity contribution >= 4 is 202 Å². The highest BCUT2D eigenvalue weighted by Crippen LogP contribution is 2.47. The Morgan fingerprint density at radius 2 is 0.759 bits per heavy atom. The van der Waals surface area contributed by atoms with Crippen LogP contribution in [0.2, 0.25) is 0 Å². The third-order valence-corrected chi connectivity index (χ3v) is 27.8. The third-order valence-electron chi connectivity index (χ3n) is 27.4. The van der Waals surface area contributed by atoms with Crippen LogP contribution in [-0.4, -0.2) is 192 Å². The molecule has 0 bridgehead atoms. The van der Waals surface area contributed by atoms with Gasteiger partial charge < -0.3 is 62.8 Å². The van der Waals surface area contributed by atoms with E-state index in [4.69, 9.17) is 43.1 Å². The molecule has 0 saturated heterocycles. The van der Waals surface area contributed by atoms with Crippen LogP contribution in [0.5, 0.6) is 17.2 Å². The quantitative estimate of drug-likeness (QED) is 0.0218. The second-order valence-corrected chi connectivity index (χ2v) is 37.3. The summed E-state index contributed by atoms with van der Waals surface area (Å²) < 4.78 is 28.1. The Labute approximate surface area is 820 Å². The average Bonchev–Trinajstić information content (AvgIpc) is 1.55. The molecule has 0 fully saturated rings. The van der Waals surface area contributed by atoms with Crippen molar-refractivity contribution in [2.75, 3.05) is 114 Å². The van der Waals surface area contributed by atoms with Gasteiger partial charge in [-0.25, -0.2) is 0 Å². The highest BCUT2D eigenvalue weighted by atomic mass is 35.5. The van der Waals surface area contributed by atoms with Crippen LogP contribution in [0, 0.1) is 0 Å². The minimum Gasteiger partial charge on any atom is -0.496 e. The maximum Gasteiger partial charge on any atom is 0.164 e. The minimum absolute atomic E-state index is 0. The van der Waals surface area contributed by atoms with Gasteiger partial charge in [0.25, 0.3) is 0 Å². The summed E-state index contributed by atoms with van der Waals surface area (Å²) in [5.74, 6) is 3.02. The molecule has 0 aliphatic heterocycles. The maximum absolute atomic E-state index is 12.5. The van der Waals surface area contributed by atoms with Gasteiger partial charge in [-0.2, -0.15) is 0 Å². The second-order valence-electron chi connectivity index (χ2n) is 36.5. The van der Waals surface area contributed by atoms with E-state index >= 15 is 0 Å². The highest BCUT2D eigenvalue weighted by Gasteiger charge is 2.31. The zero-order valence-electron chi connectivity index (χ0n) is 82.3. The molecule has 0 saturated carbocycles. The number of ketones is 7. The average molecular weight is 1910 g/mol. The lowest BCUT2D eigenvalue weighted by Crippen LogP contribution is -2.26. The van der Waals surface area contributed by atoms with E-state index in [2.05, 4.69) is 172 Å². The van der Waals surface area contributed by atoms with E-state index in [9.17, 15) is 33.6 Å². The molecular formula is C114H131Cl3N10O10. The second kappa shape index (κ2) is 45.2. The lowest BCUT2D eigenvalue weighted by molar-refractivity contribution is 0.0983. The summed E-state index contributed by atoms with van der Waals surface area (Å²) in [7, 11) is 13.1. The standard InChI is InChI=1S/C25H30Cl2N2O.C24H28N2O2.C24H26N2O.C23H28N2O4.C18H18N2O2.ClH/c1-4-28(5-2)14-15-29-23-8-6-19(18(3)10-12-26)16-21(23)22-17-20(7-9-24(22)29)25(30)11-13-27;1-15-7-8-18-17(15)9-10-21-24(18)20-13-19(16(2)27)23(28-5)14-22(20)26(21)12-6-11-25(3)4;1-3-25-13-4-14-26-20-10-7-16-15(2)5-6-18(16)23(20)24-19-9-12-22(27)17(19)8-11-21(24)26;1-14(26)16-10-18-19-11-17(15(2)27)23(29-6)13-21(19)25(9-7-8-24(3)4)20(18)12-22(16)28-5;1-11(21)13-3-5-17-15(9-13)16-10-14(12(2)22)4-6-18(16)20(17)8-7-19;/h6-9,16-17H,3-5,10-15H2,1-2H3;9-10,13-14H,1,6-8,11-12H2,2-5H3;7-8,10-11,25H,2-6,9,12-14H2,1H3;10-13H,7-9H2,1-6H3;3-6,9-10H,7-8,19H2,1-2H3;1H. The van der Waals surface area contributed by atoms with Crippen molar-refractivity contribution in [2.45, 2.75) is 159 Å². The third kappa shape index (κ3) is 21.1. The molecule has 20 nitrogen and oxygen atoms in total. The Balaban J connectivity index is 0.000000145. The van der Waals surface area contributed by atoms with E-state index < -0.39 is 0 Å². The smallest absolute Gasteiger partial charge is 0.164 e. The predicted octanol–water partition coefficient (Wildman–Crippen LogP) is 24.1. The van der Waals surface area contributed by atoms with Gasteiger partial charge in [-0.3, -0.25) is 33.6 Å². The number of allylic oxidation sites excluding steroid dienone is 3. The van der Waals surface area contributed by atoms with E-state index in [-0.39, 0.29) is 47.1 Å². The Kier molecular flexibility index (Phi) is 33.8. The molecule has 5 heterocycles.